The molecule has 1 atom stereocenters. The summed E-state index contributed by atoms with van der Waals surface area (Å²) >= 11 is 0. The second-order valence-electron chi connectivity index (χ2n) is 5.08. The van der Waals surface area contributed by atoms with E-state index in [0.29, 0.717) is 11.9 Å². The first kappa shape index (κ1) is 12.9. The van der Waals surface area contributed by atoms with Crippen LogP contribution in [0.4, 0.5) is 11.6 Å². The number of nitrogens with one attached hydrogen (secondary N) is 1. The normalized spacial score (nSPS) is 19.2. The molecule has 6 heteroatoms. The van der Waals surface area contributed by atoms with Gasteiger partial charge >= 0.3 is 0 Å². The van der Waals surface area contributed by atoms with Gasteiger partial charge < -0.3 is 5.32 Å². The minimum absolute atomic E-state index is 0.388. The Balaban J connectivity index is 1.87. The van der Waals surface area contributed by atoms with E-state index in [4.69, 9.17) is 0 Å². The molecule has 0 spiro atoms. The third-order valence-corrected chi connectivity index (χ3v) is 3.54. The zero-order valence-corrected chi connectivity index (χ0v) is 11.7. The second-order valence-corrected chi connectivity index (χ2v) is 5.08. The summed E-state index contributed by atoms with van der Waals surface area (Å²) < 4.78 is 0. The molecule has 1 aliphatic rings. The van der Waals surface area contributed by atoms with E-state index in [2.05, 4.69) is 37.2 Å². The van der Waals surface area contributed by atoms with Crippen LogP contribution in [0.2, 0.25) is 0 Å². The number of aromatic nitrogens is 4. The van der Waals surface area contributed by atoms with Crippen molar-refractivity contribution in [1.29, 1.82) is 0 Å². The third-order valence-electron chi connectivity index (χ3n) is 3.54. The molecule has 1 N–H and O–H groups in total. The lowest BCUT2D eigenvalue weighted by Gasteiger charge is -2.19. The Morgan fingerprint density at radius 2 is 2.15 bits per heavy atom. The molecule has 1 unspecified atom stereocenters. The van der Waals surface area contributed by atoms with E-state index in [1.807, 2.05) is 13.0 Å². The van der Waals surface area contributed by atoms with E-state index in [1.165, 1.54) is 6.42 Å². The first-order valence-electron chi connectivity index (χ1n) is 6.81. The highest BCUT2D eigenvalue weighted by molar-refractivity contribution is 5.50. The van der Waals surface area contributed by atoms with Gasteiger partial charge in [0.05, 0.1) is 17.9 Å². The molecule has 20 heavy (non-hydrogen) atoms. The molecular weight excluding hydrogens is 252 g/mol. The molecule has 2 aromatic heterocycles. The van der Waals surface area contributed by atoms with Gasteiger partial charge in [0.25, 0.3) is 0 Å². The van der Waals surface area contributed by atoms with Gasteiger partial charge in [0.2, 0.25) is 0 Å². The van der Waals surface area contributed by atoms with Crippen LogP contribution in [0.5, 0.6) is 0 Å². The van der Waals surface area contributed by atoms with Crippen molar-refractivity contribution < 1.29 is 0 Å². The van der Waals surface area contributed by atoms with Gasteiger partial charge in [0.15, 0.2) is 0 Å². The Labute approximate surface area is 118 Å². The van der Waals surface area contributed by atoms with Gasteiger partial charge in [-0.25, -0.2) is 15.0 Å². The van der Waals surface area contributed by atoms with E-state index >= 15 is 0 Å². The first-order valence-corrected chi connectivity index (χ1v) is 6.81. The molecule has 6 nitrogen and oxygen atoms in total. The van der Waals surface area contributed by atoms with Crippen LogP contribution in [0.3, 0.4) is 0 Å². The van der Waals surface area contributed by atoms with Crippen LogP contribution in [0, 0.1) is 6.92 Å². The van der Waals surface area contributed by atoms with Gasteiger partial charge in [-0.15, -0.1) is 0 Å². The van der Waals surface area contributed by atoms with Crippen LogP contribution in [-0.4, -0.2) is 38.4 Å². The molecular formula is C14H18N6. The summed E-state index contributed by atoms with van der Waals surface area (Å²) in [6.07, 6.45) is 7.35. The molecule has 0 aromatic carbocycles. The van der Waals surface area contributed by atoms with Crippen LogP contribution in [0.25, 0.3) is 0 Å². The molecule has 0 radical (unpaired) electrons. The predicted molar refractivity (Wildman–Crippen MR) is 76.7 cm³/mol. The minimum atomic E-state index is 0.388. The number of nitrogens with zero attached hydrogens (tertiary/aromatic N) is 5. The van der Waals surface area contributed by atoms with Gasteiger partial charge in [-0.1, -0.05) is 0 Å². The Morgan fingerprint density at radius 1 is 1.25 bits per heavy atom. The Hall–Kier alpha value is -2.08. The highest BCUT2D eigenvalue weighted by Crippen LogP contribution is 2.30. The monoisotopic (exact) mass is 270 g/mol. The fourth-order valence-electron chi connectivity index (χ4n) is 2.60. The van der Waals surface area contributed by atoms with Gasteiger partial charge in [0.1, 0.15) is 17.5 Å². The SMILES string of the molecule is Cc1nc(Nc2cnccn2)cc(C2CCCN2C)n1. The fourth-order valence-corrected chi connectivity index (χ4v) is 2.60. The molecule has 0 aliphatic carbocycles. The number of likely N-dealkylation sites (tertiary alicyclic amines) is 1. The fraction of sp³-hybridized carbons (Fsp3) is 0.429. The Bertz CT molecular complexity index is 585. The summed E-state index contributed by atoms with van der Waals surface area (Å²) in [6.45, 7) is 3.04. The highest BCUT2D eigenvalue weighted by atomic mass is 15.2. The lowest BCUT2D eigenvalue weighted by atomic mass is 10.1. The van der Waals surface area contributed by atoms with Crippen molar-refractivity contribution in [3.8, 4) is 0 Å². The van der Waals surface area contributed by atoms with Crippen molar-refractivity contribution in [3.05, 3.63) is 36.2 Å². The number of hydrogen-bond donors (Lipinski definition) is 1. The average molecular weight is 270 g/mol. The Kier molecular flexibility index (Phi) is 3.56. The van der Waals surface area contributed by atoms with Crippen LogP contribution < -0.4 is 5.32 Å². The van der Waals surface area contributed by atoms with E-state index in [1.54, 1.807) is 18.6 Å². The second kappa shape index (κ2) is 5.50. The van der Waals surface area contributed by atoms with Crippen molar-refractivity contribution in [2.45, 2.75) is 25.8 Å². The molecule has 1 fully saturated rings. The van der Waals surface area contributed by atoms with Gasteiger partial charge in [-0.05, 0) is 33.4 Å². The number of aryl methyl sites for hydroxylation is 1. The number of anilines is 2. The van der Waals surface area contributed by atoms with Crippen LogP contribution >= 0.6 is 0 Å². The van der Waals surface area contributed by atoms with Crippen molar-refractivity contribution in [2.24, 2.45) is 0 Å². The zero-order chi connectivity index (χ0) is 13.9. The van der Waals surface area contributed by atoms with Crippen LogP contribution in [-0.2, 0) is 0 Å². The van der Waals surface area contributed by atoms with Crippen molar-refractivity contribution >= 4 is 11.6 Å². The highest BCUT2D eigenvalue weighted by Gasteiger charge is 2.24. The number of hydrogen-bond acceptors (Lipinski definition) is 6. The molecule has 0 amide bonds. The summed E-state index contributed by atoms with van der Waals surface area (Å²) in [5, 5.41) is 3.18. The van der Waals surface area contributed by atoms with Crippen LogP contribution in [0.1, 0.15) is 30.4 Å². The molecule has 104 valence electrons. The van der Waals surface area contributed by atoms with Crippen molar-refractivity contribution in [2.75, 3.05) is 18.9 Å². The summed E-state index contributed by atoms with van der Waals surface area (Å²) in [7, 11) is 2.14. The quantitative estimate of drug-likeness (QED) is 0.921. The molecule has 1 saturated heterocycles. The molecule has 0 bridgehead atoms. The van der Waals surface area contributed by atoms with Crippen LogP contribution in [0.15, 0.2) is 24.7 Å². The number of rotatable bonds is 3. The summed E-state index contributed by atoms with van der Waals surface area (Å²) in [5.41, 5.74) is 1.07. The lowest BCUT2D eigenvalue weighted by Crippen LogP contribution is -2.19. The zero-order valence-electron chi connectivity index (χ0n) is 11.7. The smallest absolute Gasteiger partial charge is 0.150 e. The molecule has 1 aliphatic heterocycles. The maximum absolute atomic E-state index is 4.58. The summed E-state index contributed by atoms with van der Waals surface area (Å²) in [4.78, 5) is 19.6. The summed E-state index contributed by atoms with van der Waals surface area (Å²) in [6, 6.07) is 2.40. The predicted octanol–water partition coefficient (Wildman–Crippen LogP) is 2.09. The maximum Gasteiger partial charge on any atom is 0.150 e. The third kappa shape index (κ3) is 2.75. The Morgan fingerprint density at radius 3 is 2.85 bits per heavy atom. The van der Waals surface area contributed by atoms with E-state index in [0.717, 1.165) is 30.3 Å². The van der Waals surface area contributed by atoms with E-state index in [9.17, 15) is 0 Å². The summed E-state index contributed by atoms with van der Waals surface area (Å²) in [5.74, 6) is 2.24. The largest absolute Gasteiger partial charge is 0.324 e. The maximum atomic E-state index is 4.58. The molecule has 2 aromatic rings. The topological polar surface area (TPSA) is 66.8 Å². The van der Waals surface area contributed by atoms with Crippen molar-refractivity contribution in [3.63, 3.8) is 0 Å². The van der Waals surface area contributed by atoms with E-state index < -0.39 is 0 Å². The molecule has 3 heterocycles. The minimum Gasteiger partial charge on any atom is -0.324 e. The molecule has 3 rings (SSSR count). The van der Waals surface area contributed by atoms with Gasteiger partial charge in [0, 0.05) is 18.5 Å². The average Bonchev–Trinajstić information content (AvgIpc) is 2.85. The van der Waals surface area contributed by atoms with Crippen molar-refractivity contribution in [1.82, 2.24) is 24.8 Å². The van der Waals surface area contributed by atoms with Gasteiger partial charge in [-0.2, -0.15) is 0 Å². The first-order chi connectivity index (χ1) is 9.72. The lowest BCUT2D eigenvalue weighted by molar-refractivity contribution is 0.311. The standard InChI is InChI=1S/C14H18N6/c1-10-17-11(12-4-3-7-20(12)2)8-13(18-10)19-14-9-15-5-6-16-14/h5-6,8-9,12H,3-4,7H2,1-2H3,(H,16,17,18,19). The van der Waals surface area contributed by atoms with E-state index in [-0.39, 0.29) is 0 Å². The molecule has 0 saturated carbocycles. The van der Waals surface area contributed by atoms with Gasteiger partial charge in [-0.3, -0.25) is 9.88 Å².